The minimum atomic E-state index is -0.148. The van der Waals surface area contributed by atoms with Crippen LogP contribution in [0, 0.1) is 5.82 Å². The molecule has 1 fully saturated rings. The number of hydrogen-bond acceptors (Lipinski definition) is 2. The quantitative estimate of drug-likeness (QED) is 0.396. The molecule has 2 aromatic rings. The third-order valence-corrected chi connectivity index (χ3v) is 4.92. The van der Waals surface area contributed by atoms with Crippen LogP contribution in [0.1, 0.15) is 23.5 Å². The van der Waals surface area contributed by atoms with E-state index in [1.165, 1.54) is 11.6 Å². The molecule has 0 radical (unpaired) electrons. The van der Waals surface area contributed by atoms with Crippen molar-refractivity contribution in [2.45, 2.75) is 18.8 Å². The summed E-state index contributed by atoms with van der Waals surface area (Å²) < 4.78 is 18.9. The van der Waals surface area contributed by atoms with Crippen LogP contribution in [0.4, 0.5) is 4.39 Å². The van der Waals surface area contributed by atoms with Gasteiger partial charge in [0.05, 0.1) is 7.11 Å². The lowest BCUT2D eigenvalue weighted by Gasteiger charge is -2.22. The predicted octanol–water partition coefficient (Wildman–Crippen LogP) is 4.06. The summed E-state index contributed by atoms with van der Waals surface area (Å²) in [5.41, 5.74) is 2.06. The second-order valence-electron chi connectivity index (χ2n) is 6.52. The zero-order valence-corrected chi connectivity index (χ0v) is 18.2. The Kier molecular flexibility index (Phi) is 8.34. The monoisotopic (exact) mass is 483 g/mol. The zero-order chi connectivity index (χ0) is 18.4. The Hall–Kier alpha value is -1.83. The molecule has 146 valence electrons. The van der Waals surface area contributed by atoms with Crippen LogP contribution >= 0.6 is 24.0 Å². The molecule has 4 nitrogen and oxygen atoms in total. The van der Waals surface area contributed by atoms with E-state index < -0.39 is 0 Å². The molecule has 0 saturated carbocycles. The highest BCUT2D eigenvalue weighted by Gasteiger charge is 2.26. The zero-order valence-electron chi connectivity index (χ0n) is 15.8. The lowest BCUT2D eigenvalue weighted by Crippen LogP contribution is -2.40. The average Bonchev–Trinajstić information content (AvgIpc) is 3.16. The number of benzene rings is 2. The molecule has 1 saturated heterocycles. The highest BCUT2D eigenvalue weighted by atomic mass is 127. The first-order valence-electron chi connectivity index (χ1n) is 9.04. The van der Waals surface area contributed by atoms with Gasteiger partial charge < -0.3 is 15.0 Å². The van der Waals surface area contributed by atoms with E-state index in [4.69, 9.17) is 4.74 Å². The second kappa shape index (κ2) is 10.5. The lowest BCUT2D eigenvalue weighted by atomic mass is 9.98. The molecular weight excluding hydrogens is 456 g/mol. The Morgan fingerprint density at radius 2 is 1.96 bits per heavy atom. The highest BCUT2D eigenvalue weighted by Crippen LogP contribution is 2.28. The molecule has 1 N–H and O–H groups in total. The normalized spacial score (nSPS) is 16.8. The third-order valence-electron chi connectivity index (χ3n) is 4.92. The SMILES string of the molecule is CN=C(NCCc1ccccc1F)N1CCC(c2ccc(OC)cc2)C1.I. The van der Waals surface area contributed by atoms with Crippen LogP contribution in [0.5, 0.6) is 5.75 Å². The summed E-state index contributed by atoms with van der Waals surface area (Å²) in [5.74, 6) is 2.11. The number of nitrogens with zero attached hydrogens (tertiary/aromatic N) is 2. The van der Waals surface area contributed by atoms with Crippen molar-refractivity contribution in [3.8, 4) is 5.75 Å². The fourth-order valence-electron chi connectivity index (χ4n) is 3.44. The summed E-state index contributed by atoms with van der Waals surface area (Å²) in [4.78, 5) is 6.67. The van der Waals surface area contributed by atoms with Crippen LogP contribution in [0.15, 0.2) is 53.5 Å². The third kappa shape index (κ3) is 5.57. The van der Waals surface area contributed by atoms with E-state index in [-0.39, 0.29) is 29.8 Å². The van der Waals surface area contributed by atoms with E-state index >= 15 is 0 Å². The Morgan fingerprint density at radius 1 is 1.22 bits per heavy atom. The van der Waals surface area contributed by atoms with Crippen molar-refractivity contribution in [2.75, 3.05) is 33.8 Å². The van der Waals surface area contributed by atoms with Crippen molar-refractivity contribution < 1.29 is 9.13 Å². The number of methoxy groups -OCH3 is 1. The number of nitrogens with one attached hydrogen (secondary N) is 1. The maximum atomic E-state index is 13.7. The Labute approximate surface area is 177 Å². The van der Waals surface area contributed by atoms with E-state index in [9.17, 15) is 4.39 Å². The summed E-state index contributed by atoms with van der Waals surface area (Å²) in [7, 11) is 3.48. The number of halogens is 2. The molecule has 0 aromatic heterocycles. The van der Waals surface area contributed by atoms with E-state index in [1.54, 1.807) is 20.2 Å². The Balaban J connectivity index is 0.00000261. The van der Waals surface area contributed by atoms with E-state index in [0.717, 1.165) is 36.8 Å². The van der Waals surface area contributed by atoms with Crippen molar-refractivity contribution >= 4 is 29.9 Å². The molecular formula is C21H27FIN3O. The van der Waals surface area contributed by atoms with Gasteiger partial charge in [-0.05, 0) is 42.2 Å². The van der Waals surface area contributed by atoms with Gasteiger partial charge in [0.2, 0.25) is 0 Å². The van der Waals surface area contributed by atoms with Crippen molar-refractivity contribution in [3.63, 3.8) is 0 Å². The van der Waals surface area contributed by atoms with E-state index in [1.807, 2.05) is 24.3 Å². The topological polar surface area (TPSA) is 36.9 Å². The first kappa shape index (κ1) is 21.5. The van der Waals surface area contributed by atoms with Crippen LogP contribution in [-0.4, -0.2) is 44.7 Å². The molecule has 3 rings (SSSR count). The number of hydrogen-bond donors (Lipinski definition) is 1. The van der Waals surface area contributed by atoms with Crippen LogP contribution < -0.4 is 10.1 Å². The summed E-state index contributed by atoms with van der Waals surface area (Å²) in [6.07, 6.45) is 1.74. The molecule has 0 aliphatic carbocycles. The second-order valence-corrected chi connectivity index (χ2v) is 6.52. The highest BCUT2D eigenvalue weighted by molar-refractivity contribution is 14.0. The predicted molar refractivity (Wildman–Crippen MR) is 119 cm³/mol. The standard InChI is InChI=1S/C21H26FN3O.HI/c1-23-21(24-13-11-17-5-3-4-6-20(17)22)25-14-12-18(15-25)16-7-9-19(26-2)10-8-16;/h3-10,18H,11-15H2,1-2H3,(H,23,24);1H. The number of likely N-dealkylation sites (tertiary alicyclic amines) is 1. The van der Waals surface area contributed by atoms with Crippen LogP contribution in [0.2, 0.25) is 0 Å². The number of guanidine groups is 1. The lowest BCUT2D eigenvalue weighted by molar-refractivity contribution is 0.414. The summed E-state index contributed by atoms with van der Waals surface area (Å²) in [6, 6.07) is 15.2. The molecule has 2 aromatic carbocycles. The number of ether oxygens (including phenoxy) is 1. The van der Waals surface area contributed by atoms with Gasteiger partial charge in [-0.15, -0.1) is 24.0 Å². The van der Waals surface area contributed by atoms with E-state index in [0.29, 0.717) is 18.9 Å². The average molecular weight is 483 g/mol. The summed E-state index contributed by atoms with van der Waals surface area (Å²) >= 11 is 0. The minimum Gasteiger partial charge on any atom is -0.497 e. The molecule has 1 aliphatic heterocycles. The van der Waals surface area contributed by atoms with Crippen molar-refractivity contribution in [2.24, 2.45) is 4.99 Å². The van der Waals surface area contributed by atoms with Gasteiger partial charge >= 0.3 is 0 Å². The van der Waals surface area contributed by atoms with Crippen molar-refractivity contribution in [3.05, 3.63) is 65.5 Å². The van der Waals surface area contributed by atoms with Gasteiger partial charge in [0.1, 0.15) is 11.6 Å². The largest absolute Gasteiger partial charge is 0.497 e. The Bertz CT molecular complexity index is 751. The van der Waals surface area contributed by atoms with Gasteiger partial charge in [-0.2, -0.15) is 0 Å². The molecule has 0 amide bonds. The van der Waals surface area contributed by atoms with Gasteiger partial charge in [0.15, 0.2) is 5.96 Å². The minimum absolute atomic E-state index is 0. The summed E-state index contributed by atoms with van der Waals surface area (Å²) in [5, 5.41) is 3.37. The molecule has 1 heterocycles. The molecule has 0 bridgehead atoms. The first-order chi connectivity index (χ1) is 12.7. The number of aliphatic imine (C=N–C) groups is 1. The Morgan fingerprint density at radius 3 is 2.63 bits per heavy atom. The molecule has 27 heavy (non-hydrogen) atoms. The van der Waals surface area contributed by atoms with Crippen LogP contribution in [-0.2, 0) is 6.42 Å². The maximum absolute atomic E-state index is 13.7. The maximum Gasteiger partial charge on any atom is 0.193 e. The van der Waals surface area contributed by atoms with Crippen molar-refractivity contribution in [1.82, 2.24) is 10.2 Å². The van der Waals surface area contributed by atoms with Gasteiger partial charge in [0.25, 0.3) is 0 Å². The number of rotatable bonds is 5. The van der Waals surface area contributed by atoms with Crippen LogP contribution in [0.25, 0.3) is 0 Å². The van der Waals surface area contributed by atoms with E-state index in [2.05, 4.69) is 27.3 Å². The van der Waals surface area contributed by atoms with Gasteiger partial charge in [-0.25, -0.2) is 4.39 Å². The van der Waals surface area contributed by atoms with Crippen LogP contribution in [0.3, 0.4) is 0 Å². The smallest absolute Gasteiger partial charge is 0.193 e. The van der Waals surface area contributed by atoms with Gasteiger partial charge in [0, 0.05) is 32.6 Å². The summed E-state index contributed by atoms with van der Waals surface area (Å²) in [6.45, 7) is 2.57. The molecule has 1 unspecified atom stereocenters. The molecule has 6 heteroatoms. The fraction of sp³-hybridized carbons (Fsp3) is 0.381. The molecule has 1 aliphatic rings. The molecule has 1 atom stereocenters. The van der Waals surface area contributed by atoms with Crippen molar-refractivity contribution in [1.29, 1.82) is 0 Å². The van der Waals surface area contributed by atoms with Gasteiger partial charge in [-0.1, -0.05) is 30.3 Å². The fourth-order valence-corrected chi connectivity index (χ4v) is 3.44. The molecule has 0 spiro atoms. The first-order valence-corrected chi connectivity index (χ1v) is 9.04. The van der Waals surface area contributed by atoms with Gasteiger partial charge in [-0.3, -0.25) is 4.99 Å².